The summed E-state index contributed by atoms with van der Waals surface area (Å²) in [5, 5.41) is 3.49. The fourth-order valence-corrected chi connectivity index (χ4v) is 3.33. The molecule has 2 heterocycles. The maximum Gasteiger partial charge on any atom is 0.123 e. The number of likely N-dealkylation sites (tertiary alicyclic amines) is 1. The molecule has 0 amide bonds. The van der Waals surface area contributed by atoms with Crippen LogP contribution in [0.25, 0.3) is 0 Å². The van der Waals surface area contributed by atoms with E-state index in [4.69, 9.17) is 0 Å². The summed E-state index contributed by atoms with van der Waals surface area (Å²) in [5.74, 6) is 1.57. The van der Waals surface area contributed by atoms with E-state index in [1.165, 1.54) is 38.2 Å². The smallest absolute Gasteiger partial charge is 0.123 e. The molecule has 2 nitrogen and oxygen atoms in total. The van der Waals surface area contributed by atoms with Gasteiger partial charge in [0.25, 0.3) is 0 Å². The topological polar surface area (TPSA) is 15.3 Å². The Balaban J connectivity index is 0.00000133. The fraction of sp³-hybridized carbons (Fsp3) is 0.600. The van der Waals surface area contributed by atoms with E-state index < -0.39 is 0 Å². The molecule has 0 aliphatic carbocycles. The normalized spacial score (nSPS) is 26.8. The number of nitrogens with zero attached hydrogens (tertiary/aromatic N) is 1. The molecule has 1 aromatic carbocycles. The summed E-state index contributed by atoms with van der Waals surface area (Å²) in [7, 11) is 0. The Kier molecular flexibility index (Phi) is 4.82. The van der Waals surface area contributed by atoms with Gasteiger partial charge in [0.05, 0.1) is 0 Å². The van der Waals surface area contributed by atoms with Crippen LogP contribution >= 0.6 is 12.4 Å². The molecule has 1 N–H and O–H groups in total. The van der Waals surface area contributed by atoms with Gasteiger partial charge in [-0.05, 0) is 68.1 Å². The van der Waals surface area contributed by atoms with Crippen molar-refractivity contribution in [2.24, 2.45) is 11.8 Å². The predicted molar refractivity (Wildman–Crippen MR) is 78.1 cm³/mol. The molecule has 2 aliphatic heterocycles. The van der Waals surface area contributed by atoms with Crippen LogP contribution in [0.1, 0.15) is 17.5 Å². The molecule has 0 bridgehead atoms. The summed E-state index contributed by atoms with van der Waals surface area (Å²) in [6.45, 7) is 7.71. The second-order valence-electron chi connectivity index (χ2n) is 5.77. The molecule has 4 heteroatoms. The second kappa shape index (κ2) is 6.21. The van der Waals surface area contributed by atoms with Crippen molar-refractivity contribution in [1.82, 2.24) is 10.2 Å². The first-order chi connectivity index (χ1) is 8.72. The minimum atomic E-state index is -0.130. The molecule has 2 saturated heterocycles. The van der Waals surface area contributed by atoms with Gasteiger partial charge >= 0.3 is 0 Å². The van der Waals surface area contributed by atoms with Gasteiger partial charge in [-0.25, -0.2) is 4.39 Å². The van der Waals surface area contributed by atoms with Crippen molar-refractivity contribution in [1.29, 1.82) is 0 Å². The first-order valence-corrected chi connectivity index (χ1v) is 6.90. The molecule has 2 fully saturated rings. The van der Waals surface area contributed by atoms with Gasteiger partial charge in [0, 0.05) is 13.1 Å². The maximum atomic E-state index is 13.1. The van der Waals surface area contributed by atoms with Crippen molar-refractivity contribution < 1.29 is 4.39 Å². The van der Waals surface area contributed by atoms with Crippen LogP contribution in [0.5, 0.6) is 0 Å². The van der Waals surface area contributed by atoms with Crippen LogP contribution in [-0.2, 0) is 6.54 Å². The van der Waals surface area contributed by atoms with Gasteiger partial charge in [0.2, 0.25) is 0 Å². The van der Waals surface area contributed by atoms with Gasteiger partial charge in [-0.3, -0.25) is 4.90 Å². The second-order valence-corrected chi connectivity index (χ2v) is 5.77. The van der Waals surface area contributed by atoms with E-state index in [-0.39, 0.29) is 18.2 Å². The minimum absolute atomic E-state index is 0. The van der Waals surface area contributed by atoms with E-state index in [9.17, 15) is 4.39 Å². The maximum absolute atomic E-state index is 13.1. The molecule has 1 aromatic rings. The van der Waals surface area contributed by atoms with Gasteiger partial charge in [-0.1, -0.05) is 6.07 Å². The quantitative estimate of drug-likeness (QED) is 0.898. The molecule has 0 radical (unpaired) electrons. The Hall–Kier alpha value is -0.640. The average Bonchev–Trinajstić information content (AvgIpc) is 2.80. The Labute approximate surface area is 120 Å². The van der Waals surface area contributed by atoms with Crippen LogP contribution in [0.2, 0.25) is 0 Å². The van der Waals surface area contributed by atoms with Crippen LogP contribution in [0.3, 0.4) is 0 Å². The minimum Gasteiger partial charge on any atom is -0.316 e. The predicted octanol–water partition coefficient (Wildman–Crippen LogP) is 2.60. The van der Waals surface area contributed by atoms with Gasteiger partial charge in [0.15, 0.2) is 0 Å². The lowest BCUT2D eigenvalue weighted by atomic mass is 9.88. The molecule has 0 aromatic heterocycles. The standard InChI is InChI=1S/C15H21FN2.ClH/c1-11-6-15(16)3-2-13(11)9-18-5-4-12-7-17-8-14(12)10-18;/h2-3,6,12,14,17H,4-5,7-10H2,1H3;1H. The zero-order chi connectivity index (χ0) is 12.5. The monoisotopic (exact) mass is 284 g/mol. The number of hydrogen-bond donors (Lipinski definition) is 1. The van der Waals surface area contributed by atoms with Gasteiger partial charge in [0.1, 0.15) is 5.82 Å². The van der Waals surface area contributed by atoms with E-state index in [0.717, 1.165) is 23.9 Å². The van der Waals surface area contributed by atoms with E-state index in [1.54, 1.807) is 12.1 Å². The number of nitrogens with one attached hydrogen (secondary N) is 1. The zero-order valence-corrected chi connectivity index (χ0v) is 12.2. The molecular weight excluding hydrogens is 263 g/mol. The van der Waals surface area contributed by atoms with Crippen molar-refractivity contribution in [3.8, 4) is 0 Å². The highest BCUT2D eigenvalue weighted by molar-refractivity contribution is 5.85. The summed E-state index contributed by atoms with van der Waals surface area (Å²) in [5.41, 5.74) is 2.34. The van der Waals surface area contributed by atoms with Crippen molar-refractivity contribution in [2.75, 3.05) is 26.2 Å². The number of halogens is 2. The summed E-state index contributed by atoms with van der Waals surface area (Å²) in [4.78, 5) is 2.52. The summed E-state index contributed by atoms with van der Waals surface area (Å²) < 4.78 is 13.1. The lowest BCUT2D eigenvalue weighted by Crippen LogP contribution is -2.39. The highest BCUT2D eigenvalue weighted by atomic mass is 35.5. The summed E-state index contributed by atoms with van der Waals surface area (Å²) in [6.07, 6.45) is 1.30. The number of fused-ring (bicyclic) bond motifs is 1. The van der Waals surface area contributed by atoms with Gasteiger partial charge in [-0.15, -0.1) is 12.4 Å². The molecule has 0 spiro atoms. The van der Waals surface area contributed by atoms with Crippen LogP contribution in [-0.4, -0.2) is 31.1 Å². The number of hydrogen-bond acceptors (Lipinski definition) is 2. The average molecular weight is 285 g/mol. The Morgan fingerprint density at radius 3 is 2.89 bits per heavy atom. The third kappa shape index (κ3) is 3.28. The van der Waals surface area contributed by atoms with Crippen LogP contribution < -0.4 is 5.32 Å². The van der Waals surface area contributed by atoms with Crippen molar-refractivity contribution in [3.63, 3.8) is 0 Å². The van der Waals surface area contributed by atoms with E-state index in [1.807, 2.05) is 13.0 Å². The van der Waals surface area contributed by atoms with E-state index >= 15 is 0 Å². The summed E-state index contributed by atoms with van der Waals surface area (Å²) in [6, 6.07) is 5.15. The highest BCUT2D eigenvalue weighted by Crippen LogP contribution is 2.27. The number of rotatable bonds is 2. The molecule has 3 rings (SSSR count). The van der Waals surface area contributed by atoms with Crippen molar-refractivity contribution in [3.05, 3.63) is 35.1 Å². The molecule has 0 saturated carbocycles. The van der Waals surface area contributed by atoms with Crippen LogP contribution in [0.4, 0.5) is 4.39 Å². The van der Waals surface area contributed by atoms with Gasteiger partial charge in [-0.2, -0.15) is 0 Å². The molecular formula is C15H22ClFN2. The van der Waals surface area contributed by atoms with Crippen molar-refractivity contribution in [2.45, 2.75) is 19.9 Å². The van der Waals surface area contributed by atoms with Crippen LogP contribution in [0, 0.1) is 24.6 Å². The first-order valence-electron chi connectivity index (χ1n) is 6.90. The largest absolute Gasteiger partial charge is 0.316 e. The van der Waals surface area contributed by atoms with E-state index in [0.29, 0.717) is 0 Å². The van der Waals surface area contributed by atoms with E-state index in [2.05, 4.69) is 10.2 Å². The SMILES string of the molecule is Cc1cc(F)ccc1CN1CCC2CNCC2C1.Cl. The third-order valence-electron chi connectivity index (χ3n) is 4.49. The number of piperidine rings is 1. The molecule has 106 valence electrons. The zero-order valence-electron chi connectivity index (χ0n) is 11.4. The molecule has 19 heavy (non-hydrogen) atoms. The Bertz CT molecular complexity index is 438. The summed E-state index contributed by atoms with van der Waals surface area (Å²) >= 11 is 0. The lowest BCUT2D eigenvalue weighted by molar-refractivity contribution is 0.142. The molecule has 2 aliphatic rings. The van der Waals surface area contributed by atoms with Gasteiger partial charge < -0.3 is 5.32 Å². The van der Waals surface area contributed by atoms with Crippen molar-refractivity contribution >= 4 is 12.4 Å². The number of benzene rings is 1. The molecule has 2 atom stereocenters. The Morgan fingerprint density at radius 2 is 2.11 bits per heavy atom. The highest BCUT2D eigenvalue weighted by Gasteiger charge is 2.32. The lowest BCUT2D eigenvalue weighted by Gasteiger charge is -2.34. The first kappa shape index (κ1) is 14.8. The number of aryl methyl sites for hydroxylation is 1. The van der Waals surface area contributed by atoms with Crippen LogP contribution in [0.15, 0.2) is 18.2 Å². The Morgan fingerprint density at radius 1 is 1.32 bits per heavy atom. The fourth-order valence-electron chi connectivity index (χ4n) is 3.33. The third-order valence-corrected chi connectivity index (χ3v) is 4.49. The molecule has 2 unspecified atom stereocenters.